The lowest BCUT2D eigenvalue weighted by molar-refractivity contribution is 0.887. The highest BCUT2D eigenvalue weighted by atomic mass is 32.1. The van der Waals surface area contributed by atoms with E-state index in [2.05, 4.69) is 130 Å². The lowest BCUT2D eigenvalue weighted by atomic mass is 10.0. The second-order valence-corrected chi connectivity index (χ2v) is 11.5. The minimum atomic E-state index is 0.925. The maximum atomic E-state index is 4.88. The molecule has 1 aliphatic carbocycles. The number of hydrogen-bond donors (Lipinski definition) is 2. The van der Waals surface area contributed by atoms with Crippen molar-refractivity contribution in [1.82, 2.24) is 9.13 Å². The summed E-state index contributed by atoms with van der Waals surface area (Å²) in [6.45, 7) is 0. The summed E-state index contributed by atoms with van der Waals surface area (Å²) in [6, 6.07) is 39.1. The molecule has 0 fully saturated rings. The van der Waals surface area contributed by atoms with Gasteiger partial charge in [0.1, 0.15) is 0 Å². The number of nitrogens with zero attached hydrogens (tertiary/aromatic N) is 2. The first-order chi connectivity index (χ1) is 19.7. The summed E-state index contributed by atoms with van der Waals surface area (Å²) < 4.78 is 4.78. The van der Waals surface area contributed by atoms with E-state index in [4.69, 9.17) is 25.3 Å². The number of fused-ring (bicyclic) bond motifs is 6. The number of hydrogen-bond acceptors (Lipinski definition) is 2. The molecule has 0 amide bonds. The highest BCUT2D eigenvalue weighted by molar-refractivity contribution is 7.80. The van der Waals surface area contributed by atoms with Gasteiger partial charge >= 0.3 is 0 Å². The standard InChI is InChI=1S/C36H26N2S2/c39-27-19-23(17-25(21-27)37-33-13-5-1-9-29(33)30-10-2-6-14-34(30)37)24-18-26(22-28(40)20-24)38-35-15-7-3-11-31(35)32-12-4-8-16-36(32)38/h1-7,9-15,17-22,39-40H,8,16H2. The van der Waals surface area contributed by atoms with Gasteiger partial charge in [0.2, 0.25) is 0 Å². The van der Waals surface area contributed by atoms with Gasteiger partial charge in [0.15, 0.2) is 0 Å². The molecule has 0 unspecified atom stereocenters. The molecule has 0 bridgehead atoms. The number of benzene rings is 5. The molecule has 0 N–H and O–H groups in total. The number of para-hydroxylation sites is 3. The second kappa shape index (κ2) is 9.22. The molecule has 1 aliphatic rings. The Labute approximate surface area is 244 Å². The fraction of sp³-hybridized carbons (Fsp3) is 0.0556. The molecule has 0 radical (unpaired) electrons. The molecule has 40 heavy (non-hydrogen) atoms. The average molecular weight is 551 g/mol. The Balaban J connectivity index is 1.34. The van der Waals surface area contributed by atoms with Gasteiger partial charge in [-0.1, -0.05) is 66.7 Å². The zero-order valence-corrected chi connectivity index (χ0v) is 23.5. The highest BCUT2D eigenvalue weighted by Gasteiger charge is 2.19. The van der Waals surface area contributed by atoms with Crippen molar-refractivity contribution in [2.75, 3.05) is 0 Å². The fourth-order valence-corrected chi connectivity index (χ4v) is 6.99. The van der Waals surface area contributed by atoms with Gasteiger partial charge in [-0.3, -0.25) is 0 Å². The molecule has 2 aromatic heterocycles. The van der Waals surface area contributed by atoms with Gasteiger partial charge in [-0.15, -0.1) is 25.3 Å². The van der Waals surface area contributed by atoms with E-state index in [1.165, 1.54) is 44.0 Å². The molecule has 192 valence electrons. The van der Waals surface area contributed by atoms with Gasteiger partial charge in [0.05, 0.1) is 16.6 Å². The summed E-state index contributed by atoms with van der Waals surface area (Å²) in [5, 5.41) is 3.80. The van der Waals surface area contributed by atoms with Crippen molar-refractivity contribution in [1.29, 1.82) is 0 Å². The van der Waals surface area contributed by atoms with Crippen LogP contribution in [0.5, 0.6) is 0 Å². The summed E-state index contributed by atoms with van der Waals surface area (Å²) in [7, 11) is 0. The molecule has 0 saturated heterocycles. The number of aromatic nitrogens is 2. The van der Waals surface area contributed by atoms with Crippen LogP contribution in [0.15, 0.2) is 125 Å². The van der Waals surface area contributed by atoms with Gasteiger partial charge in [-0.2, -0.15) is 0 Å². The third-order valence-corrected chi connectivity index (χ3v) is 8.60. The molecular formula is C36H26N2S2. The predicted octanol–water partition coefficient (Wildman–Crippen LogP) is 9.93. The molecular weight excluding hydrogens is 525 g/mol. The topological polar surface area (TPSA) is 9.86 Å². The van der Waals surface area contributed by atoms with Crippen LogP contribution >= 0.6 is 25.3 Å². The van der Waals surface area contributed by atoms with Crippen molar-refractivity contribution in [3.05, 3.63) is 127 Å². The van der Waals surface area contributed by atoms with E-state index >= 15 is 0 Å². The summed E-state index contributed by atoms with van der Waals surface area (Å²) in [5.74, 6) is 0. The Morgan fingerprint density at radius 3 is 1.62 bits per heavy atom. The lowest BCUT2D eigenvalue weighted by Gasteiger charge is -2.16. The minimum absolute atomic E-state index is 0.925. The molecule has 0 saturated carbocycles. The van der Waals surface area contributed by atoms with E-state index < -0.39 is 0 Å². The molecule has 0 atom stereocenters. The fourth-order valence-electron chi connectivity index (χ4n) is 6.45. The van der Waals surface area contributed by atoms with Crippen molar-refractivity contribution < 1.29 is 0 Å². The zero-order chi connectivity index (χ0) is 26.8. The second-order valence-electron chi connectivity index (χ2n) is 10.5. The van der Waals surface area contributed by atoms with E-state index in [-0.39, 0.29) is 0 Å². The van der Waals surface area contributed by atoms with Gasteiger partial charge < -0.3 is 9.13 Å². The van der Waals surface area contributed by atoms with Gasteiger partial charge in [0.25, 0.3) is 0 Å². The van der Waals surface area contributed by atoms with Crippen LogP contribution in [0.2, 0.25) is 0 Å². The van der Waals surface area contributed by atoms with Crippen LogP contribution in [-0.4, -0.2) is 9.13 Å². The van der Waals surface area contributed by atoms with Crippen LogP contribution in [0, 0.1) is 0 Å². The van der Waals surface area contributed by atoms with Gasteiger partial charge in [-0.25, -0.2) is 0 Å². The Kier molecular flexibility index (Phi) is 5.48. The first-order valence-corrected chi connectivity index (χ1v) is 14.5. The van der Waals surface area contributed by atoms with E-state index in [0.717, 1.165) is 45.1 Å². The Hall–Kier alpha value is -4.12. The zero-order valence-electron chi connectivity index (χ0n) is 21.8. The van der Waals surface area contributed by atoms with E-state index in [9.17, 15) is 0 Å². The summed E-state index contributed by atoms with van der Waals surface area (Å²) in [5.41, 5.74) is 10.8. The smallest absolute Gasteiger partial charge is 0.0541 e. The van der Waals surface area contributed by atoms with Crippen molar-refractivity contribution in [3.8, 4) is 22.5 Å². The van der Waals surface area contributed by atoms with Gasteiger partial charge in [-0.05, 0) is 78.6 Å². The normalized spacial score (nSPS) is 12.9. The third kappa shape index (κ3) is 3.67. The third-order valence-electron chi connectivity index (χ3n) is 8.08. The van der Waals surface area contributed by atoms with Gasteiger partial charge in [0, 0.05) is 48.6 Å². The predicted molar refractivity (Wildman–Crippen MR) is 175 cm³/mol. The number of rotatable bonds is 3. The van der Waals surface area contributed by atoms with Crippen LogP contribution in [0.3, 0.4) is 0 Å². The van der Waals surface area contributed by atoms with Crippen molar-refractivity contribution >= 4 is 64.0 Å². The van der Waals surface area contributed by atoms with Crippen LogP contribution in [0.25, 0.3) is 61.3 Å². The first kappa shape index (κ1) is 23.7. The Morgan fingerprint density at radius 1 is 0.525 bits per heavy atom. The Bertz CT molecular complexity index is 2090. The number of thiol groups is 2. The van der Waals surface area contributed by atoms with Crippen molar-refractivity contribution in [2.45, 2.75) is 22.6 Å². The Morgan fingerprint density at radius 2 is 1.02 bits per heavy atom. The van der Waals surface area contributed by atoms with Crippen LogP contribution in [-0.2, 0) is 6.42 Å². The SMILES string of the molecule is Sc1cc(-c2cc(S)cc(-n3c4ccccc4c4ccccc43)c2)cc(-n2c3c(c4ccccc42)C=CCC3)c1. The molecule has 5 aromatic carbocycles. The molecule has 4 heteroatoms. The van der Waals surface area contributed by atoms with E-state index in [1.54, 1.807) is 0 Å². The number of allylic oxidation sites excluding steroid dienone is 1. The first-order valence-electron chi connectivity index (χ1n) is 13.6. The molecule has 0 spiro atoms. The molecule has 2 nitrogen and oxygen atoms in total. The highest BCUT2D eigenvalue weighted by Crippen LogP contribution is 2.38. The van der Waals surface area contributed by atoms with Crippen molar-refractivity contribution in [3.63, 3.8) is 0 Å². The maximum Gasteiger partial charge on any atom is 0.0541 e. The lowest BCUT2D eigenvalue weighted by Crippen LogP contribution is -2.03. The van der Waals surface area contributed by atoms with Crippen LogP contribution in [0.1, 0.15) is 17.7 Å². The monoisotopic (exact) mass is 550 g/mol. The summed E-state index contributed by atoms with van der Waals surface area (Å²) in [6.07, 6.45) is 6.65. The quantitative estimate of drug-likeness (QED) is 0.203. The molecule has 0 aliphatic heterocycles. The average Bonchev–Trinajstić information content (AvgIpc) is 3.50. The largest absolute Gasteiger partial charge is 0.313 e. The summed E-state index contributed by atoms with van der Waals surface area (Å²) in [4.78, 5) is 1.86. The van der Waals surface area contributed by atoms with E-state index in [1.807, 2.05) is 0 Å². The maximum absolute atomic E-state index is 4.88. The molecule has 8 rings (SSSR count). The van der Waals surface area contributed by atoms with E-state index in [0.29, 0.717) is 0 Å². The van der Waals surface area contributed by atoms with Crippen LogP contribution < -0.4 is 0 Å². The molecule has 2 heterocycles. The van der Waals surface area contributed by atoms with Crippen molar-refractivity contribution in [2.24, 2.45) is 0 Å². The van der Waals surface area contributed by atoms with Crippen LogP contribution in [0.4, 0.5) is 0 Å². The molecule has 7 aromatic rings. The minimum Gasteiger partial charge on any atom is -0.313 e. The summed E-state index contributed by atoms with van der Waals surface area (Å²) >= 11 is 9.76.